The first-order valence-corrected chi connectivity index (χ1v) is 11.1. The van der Waals surface area contributed by atoms with Crippen molar-refractivity contribution in [1.29, 1.82) is 0 Å². The van der Waals surface area contributed by atoms with Gasteiger partial charge >= 0.3 is 5.97 Å². The summed E-state index contributed by atoms with van der Waals surface area (Å²) >= 11 is 0. The normalized spacial score (nSPS) is 17.7. The number of aryl methyl sites for hydroxylation is 1. The Morgan fingerprint density at radius 3 is 2.76 bits per heavy atom. The van der Waals surface area contributed by atoms with Crippen LogP contribution in [0.5, 0.6) is 0 Å². The number of carbonyl (C=O) groups is 1. The molecule has 1 aliphatic heterocycles. The molecule has 0 spiro atoms. The van der Waals surface area contributed by atoms with Crippen LogP contribution in [0.1, 0.15) is 35.7 Å². The van der Waals surface area contributed by atoms with Crippen LogP contribution in [0.2, 0.25) is 0 Å². The summed E-state index contributed by atoms with van der Waals surface area (Å²) in [6.45, 7) is 6.12. The molecule has 0 aliphatic carbocycles. The molecule has 0 radical (unpaired) electrons. The second-order valence-electron chi connectivity index (χ2n) is 7.12. The van der Waals surface area contributed by atoms with Crippen molar-refractivity contribution in [2.45, 2.75) is 37.7 Å². The van der Waals surface area contributed by atoms with Crippen molar-refractivity contribution in [2.24, 2.45) is 0 Å². The summed E-state index contributed by atoms with van der Waals surface area (Å²) in [7, 11) is -4.00. The maximum Gasteiger partial charge on any atom is 0.340 e. The van der Waals surface area contributed by atoms with Crippen LogP contribution in [0.15, 0.2) is 47.4 Å². The maximum atomic E-state index is 13.3. The van der Waals surface area contributed by atoms with Crippen molar-refractivity contribution in [3.05, 3.63) is 59.4 Å². The van der Waals surface area contributed by atoms with E-state index in [0.29, 0.717) is 6.54 Å². The van der Waals surface area contributed by atoms with E-state index in [1.807, 2.05) is 0 Å². The standard InChI is InChI=1S/C21H25FN2O4S/c1-3-24-12-6-7-17(14-24)28-21(25)18-8-4-5-9-19(18)23-29(26,27)20-11-10-16(22)13-15(20)2/h4-5,8-11,13,17,23H,3,6-7,12,14H2,1-2H3. The number of hydrogen-bond donors (Lipinski definition) is 1. The Labute approximate surface area is 170 Å². The van der Waals surface area contributed by atoms with Gasteiger partial charge in [0.2, 0.25) is 0 Å². The van der Waals surface area contributed by atoms with Gasteiger partial charge in [0.15, 0.2) is 0 Å². The Balaban J connectivity index is 1.80. The molecule has 1 atom stereocenters. The number of hydrogen-bond acceptors (Lipinski definition) is 5. The highest BCUT2D eigenvalue weighted by atomic mass is 32.2. The lowest BCUT2D eigenvalue weighted by Gasteiger charge is -2.31. The zero-order valence-corrected chi connectivity index (χ0v) is 17.3. The fourth-order valence-corrected chi connectivity index (χ4v) is 4.78. The van der Waals surface area contributed by atoms with Crippen molar-refractivity contribution in [3.8, 4) is 0 Å². The Hall–Kier alpha value is -2.45. The SMILES string of the molecule is CCN1CCCC(OC(=O)c2ccccc2NS(=O)(=O)c2ccc(F)cc2C)C1. The van der Waals surface area contributed by atoms with Gasteiger partial charge < -0.3 is 4.74 Å². The molecule has 0 amide bonds. The summed E-state index contributed by atoms with van der Waals surface area (Å²) in [4.78, 5) is 14.9. The quantitative estimate of drug-likeness (QED) is 0.723. The predicted molar refractivity (Wildman–Crippen MR) is 109 cm³/mol. The van der Waals surface area contributed by atoms with Crippen LogP contribution in [0.4, 0.5) is 10.1 Å². The van der Waals surface area contributed by atoms with Crippen molar-refractivity contribution in [2.75, 3.05) is 24.4 Å². The van der Waals surface area contributed by atoms with Crippen LogP contribution in [0.3, 0.4) is 0 Å². The van der Waals surface area contributed by atoms with Gasteiger partial charge in [-0.2, -0.15) is 0 Å². The zero-order valence-electron chi connectivity index (χ0n) is 16.5. The third-order valence-electron chi connectivity index (χ3n) is 5.00. The van der Waals surface area contributed by atoms with Gasteiger partial charge in [0.25, 0.3) is 10.0 Å². The smallest absolute Gasteiger partial charge is 0.340 e. The molecule has 1 unspecified atom stereocenters. The fraction of sp³-hybridized carbons (Fsp3) is 0.381. The van der Waals surface area contributed by atoms with E-state index in [0.717, 1.165) is 38.1 Å². The lowest BCUT2D eigenvalue weighted by atomic mass is 10.1. The number of para-hydroxylation sites is 1. The monoisotopic (exact) mass is 420 g/mol. The average molecular weight is 421 g/mol. The van der Waals surface area contributed by atoms with E-state index in [-0.39, 0.29) is 27.8 Å². The molecule has 2 aromatic carbocycles. The first kappa shape index (κ1) is 21.3. The molecule has 1 N–H and O–H groups in total. The van der Waals surface area contributed by atoms with E-state index in [2.05, 4.69) is 16.5 Å². The topological polar surface area (TPSA) is 75.7 Å². The lowest BCUT2D eigenvalue weighted by molar-refractivity contribution is 0.00785. The van der Waals surface area contributed by atoms with Crippen LogP contribution in [0.25, 0.3) is 0 Å². The number of esters is 1. The largest absolute Gasteiger partial charge is 0.457 e. The molecule has 0 aromatic heterocycles. The molecule has 29 heavy (non-hydrogen) atoms. The fourth-order valence-electron chi connectivity index (χ4n) is 3.48. The Bertz CT molecular complexity index is 994. The third-order valence-corrected chi connectivity index (χ3v) is 6.53. The van der Waals surface area contributed by atoms with E-state index in [9.17, 15) is 17.6 Å². The molecule has 1 saturated heterocycles. The first-order valence-electron chi connectivity index (χ1n) is 9.61. The van der Waals surface area contributed by atoms with Crippen molar-refractivity contribution in [1.82, 2.24) is 4.90 Å². The van der Waals surface area contributed by atoms with E-state index < -0.39 is 21.8 Å². The highest BCUT2D eigenvalue weighted by molar-refractivity contribution is 7.92. The molecule has 6 nitrogen and oxygen atoms in total. The molecule has 2 aromatic rings. The molecule has 3 rings (SSSR count). The number of anilines is 1. The number of sulfonamides is 1. The molecular weight excluding hydrogens is 395 g/mol. The summed E-state index contributed by atoms with van der Waals surface area (Å²) in [6.07, 6.45) is 1.51. The zero-order chi connectivity index (χ0) is 21.0. The van der Waals surface area contributed by atoms with Gasteiger partial charge in [0.1, 0.15) is 11.9 Å². The van der Waals surface area contributed by atoms with E-state index in [4.69, 9.17) is 4.74 Å². The van der Waals surface area contributed by atoms with Gasteiger partial charge in [0.05, 0.1) is 16.1 Å². The number of halogens is 1. The molecule has 1 fully saturated rings. The summed E-state index contributed by atoms with van der Waals surface area (Å²) in [5.74, 6) is -1.08. The minimum Gasteiger partial charge on any atom is -0.457 e. The van der Waals surface area contributed by atoms with Crippen molar-refractivity contribution >= 4 is 21.7 Å². The van der Waals surface area contributed by atoms with Gasteiger partial charge in [-0.3, -0.25) is 9.62 Å². The van der Waals surface area contributed by atoms with Gasteiger partial charge in [-0.25, -0.2) is 17.6 Å². The number of carbonyl (C=O) groups excluding carboxylic acids is 1. The Kier molecular flexibility index (Phi) is 6.54. The number of likely N-dealkylation sites (tertiary alicyclic amines) is 1. The number of nitrogens with zero attached hydrogens (tertiary/aromatic N) is 1. The molecule has 8 heteroatoms. The Morgan fingerprint density at radius 2 is 2.03 bits per heavy atom. The highest BCUT2D eigenvalue weighted by Gasteiger charge is 2.25. The first-order chi connectivity index (χ1) is 13.8. The van der Waals surface area contributed by atoms with Gasteiger partial charge in [-0.15, -0.1) is 0 Å². The summed E-state index contributed by atoms with van der Waals surface area (Å²) in [5.41, 5.74) is 0.549. The van der Waals surface area contributed by atoms with Crippen molar-refractivity contribution < 1.29 is 22.3 Å². The number of nitrogens with one attached hydrogen (secondary N) is 1. The summed E-state index contributed by atoms with van der Waals surface area (Å²) in [5, 5.41) is 0. The van der Waals surface area contributed by atoms with E-state index >= 15 is 0 Å². The third kappa shape index (κ3) is 5.13. The van der Waals surface area contributed by atoms with Crippen LogP contribution in [-0.2, 0) is 14.8 Å². The molecule has 0 bridgehead atoms. The van der Waals surface area contributed by atoms with E-state index in [1.165, 1.54) is 25.1 Å². The van der Waals surface area contributed by atoms with Crippen LogP contribution in [0, 0.1) is 12.7 Å². The van der Waals surface area contributed by atoms with Crippen LogP contribution < -0.4 is 4.72 Å². The molecular formula is C21H25FN2O4S. The van der Waals surface area contributed by atoms with Crippen LogP contribution in [-0.4, -0.2) is 45.0 Å². The average Bonchev–Trinajstić information content (AvgIpc) is 2.67. The summed E-state index contributed by atoms with van der Waals surface area (Å²) in [6, 6.07) is 9.75. The number of rotatable bonds is 6. The second kappa shape index (κ2) is 8.92. The second-order valence-corrected chi connectivity index (χ2v) is 8.77. The highest BCUT2D eigenvalue weighted by Crippen LogP contribution is 2.24. The summed E-state index contributed by atoms with van der Waals surface area (Å²) < 4.78 is 47.0. The van der Waals surface area contributed by atoms with Gasteiger partial charge in [0, 0.05) is 6.54 Å². The van der Waals surface area contributed by atoms with Gasteiger partial charge in [-0.05, 0) is 68.8 Å². The lowest BCUT2D eigenvalue weighted by Crippen LogP contribution is -2.40. The predicted octanol–water partition coefficient (Wildman–Crippen LogP) is 3.58. The molecule has 1 aliphatic rings. The molecule has 1 heterocycles. The van der Waals surface area contributed by atoms with E-state index in [1.54, 1.807) is 12.1 Å². The van der Waals surface area contributed by atoms with Crippen molar-refractivity contribution in [3.63, 3.8) is 0 Å². The molecule has 0 saturated carbocycles. The van der Waals surface area contributed by atoms with Crippen LogP contribution >= 0.6 is 0 Å². The number of benzene rings is 2. The Morgan fingerprint density at radius 1 is 1.28 bits per heavy atom. The van der Waals surface area contributed by atoms with Gasteiger partial charge in [-0.1, -0.05) is 19.1 Å². The minimum absolute atomic E-state index is 0.0482. The number of ether oxygens (including phenoxy) is 1. The minimum atomic E-state index is -4.00. The molecule has 156 valence electrons. The maximum absolute atomic E-state index is 13.3. The number of piperidine rings is 1. The number of likely N-dealkylation sites (N-methyl/N-ethyl adjacent to an activating group) is 1.